The minimum Gasteiger partial charge on any atom is -0.520 e. The normalized spacial score (nSPS) is 10.3. The molecule has 14 nitrogen and oxygen atoms in total. The Labute approximate surface area is 598 Å². The summed E-state index contributed by atoms with van der Waals surface area (Å²) in [7, 11) is 0. The van der Waals surface area contributed by atoms with Crippen LogP contribution in [0.15, 0.2) is 103 Å². The molecule has 0 aliphatic carbocycles. The van der Waals surface area contributed by atoms with Crippen LogP contribution >= 0.6 is 0 Å². The van der Waals surface area contributed by atoms with Crippen LogP contribution in [0.4, 0.5) is 0 Å². The maximum atomic E-state index is 6.52. The van der Waals surface area contributed by atoms with E-state index in [9.17, 15) is 0 Å². The van der Waals surface area contributed by atoms with E-state index >= 15 is 0 Å². The summed E-state index contributed by atoms with van der Waals surface area (Å²) < 4.78 is 85.3. The van der Waals surface area contributed by atoms with Crippen LogP contribution in [-0.2, 0) is 170 Å². The van der Waals surface area contributed by atoms with Crippen molar-refractivity contribution < 1.29 is 197 Å². The Bertz CT molecular complexity index is 2900. The summed E-state index contributed by atoms with van der Waals surface area (Å²) in [6, 6.07) is 45.2. The van der Waals surface area contributed by atoms with Gasteiger partial charge in [-0.25, -0.2) is 0 Å². The van der Waals surface area contributed by atoms with E-state index in [-0.39, 0.29) is 170 Å². The molecule has 7 aromatic rings. The molecular formula is C66H74O14Y4-4. The van der Waals surface area contributed by atoms with Crippen LogP contribution in [0, 0.1) is 31.2 Å². The average molecular weight is 1450 g/mol. The Morgan fingerprint density at radius 1 is 0.238 bits per heavy atom. The number of ether oxygens (including phenoxy) is 14. The van der Waals surface area contributed by atoms with Gasteiger partial charge >= 0.3 is 0 Å². The molecule has 0 spiro atoms. The molecule has 0 saturated heterocycles. The Balaban J connectivity index is 0.00000462. The summed E-state index contributed by atoms with van der Waals surface area (Å²) in [4.78, 5) is 0. The molecule has 0 unspecified atom stereocenters. The summed E-state index contributed by atoms with van der Waals surface area (Å²) in [5.41, 5.74) is 6.01. The van der Waals surface area contributed by atoms with Crippen molar-refractivity contribution in [2.24, 2.45) is 0 Å². The SMILES string of the molecule is CCCOc1[c-]c(OCC)cc(COc2cc(COc3cc(C)cc(OCc4cc(OCc5cc(OCC)[c-]c(OCC)c5)cc(OCc5cc(OCC)[c-]c(OCC)c5)c4)c3)cc(OCc3cc(OCC)[c-]c(OCC)c3)c2)c1.[Y].[Y].[Y].[Y]. The van der Waals surface area contributed by atoms with Crippen molar-refractivity contribution in [3.63, 3.8) is 0 Å². The Hall–Kier alpha value is -3.84. The fraction of sp³-hybridized carbons (Fsp3) is 0.364. The molecule has 0 amide bonds. The Morgan fingerprint density at radius 2 is 0.429 bits per heavy atom. The third-order valence-corrected chi connectivity index (χ3v) is 11.4. The molecule has 0 aliphatic rings. The van der Waals surface area contributed by atoms with Crippen molar-refractivity contribution in [2.45, 2.75) is 108 Å². The van der Waals surface area contributed by atoms with Crippen molar-refractivity contribution in [3.8, 4) is 80.5 Å². The first kappa shape index (κ1) is 74.4. The second-order valence-electron chi connectivity index (χ2n) is 18.1. The molecule has 0 aliphatic heterocycles. The van der Waals surface area contributed by atoms with Gasteiger partial charge in [-0.3, -0.25) is 0 Å². The number of hydrogen-bond donors (Lipinski definition) is 0. The van der Waals surface area contributed by atoms with Gasteiger partial charge in [0, 0.05) is 195 Å². The van der Waals surface area contributed by atoms with Gasteiger partial charge in [-0.15, -0.1) is 70.8 Å². The van der Waals surface area contributed by atoms with Gasteiger partial charge in [0.1, 0.15) is 47.7 Å². The van der Waals surface area contributed by atoms with Crippen molar-refractivity contribution in [3.05, 3.63) is 166 Å². The van der Waals surface area contributed by atoms with Crippen LogP contribution in [0.1, 0.15) is 101 Å². The molecule has 4 radical (unpaired) electrons. The molecule has 438 valence electrons. The third kappa shape index (κ3) is 25.5. The molecule has 84 heavy (non-hydrogen) atoms. The average Bonchev–Trinajstić information content (AvgIpc) is 3.49. The predicted molar refractivity (Wildman–Crippen MR) is 305 cm³/mol. The van der Waals surface area contributed by atoms with E-state index in [1.165, 1.54) is 0 Å². The first-order valence-corrected chi connectivity index (χ1v) is 27.5. The summed E-state index contributed by atoms with van der Waals surface area (Å²) >= 11 is 0. The molecule has 0 fully saturated rings. The molecule has 18 heteroatoms. The van der Waals surface area contributed by atoms with Gasteiger partial charge in [-0.05, 0) is 115 Å². The maximum absolute atomic E-state index is 6.52. The van der Waals surface area contributed by atoms with Crippen LogP contribution < -0.4 is 66.3 Å². The molecule has 7 rings (SSSR count). The van der Waals surface area contributed by atoms with Crippen LogP contribution in [0.25, 0.3) is 0 Å². The first-order chi connectivity index (χ1) is 39.0. The van der Waals surface area contributed by atoms with E-state index < -0.39 is 0 Å². The van der Waals surface area contributed by atoms with Gasteiger partial charge in [0.05, 0.1) is 79.3 Å². The largest absolute Gasteiger partial charge is 0.520 e. The number of rotatable bonds is 35. The van der Waals surface area contributed by atoms with Gasteiger partial charge in [-0.1, -0.05) is 31.2 Å². The topological polar surface area (TPSA) is 129 Å². The quantitative estimate of drug-likeness (QED) is 0.0349. The molecule has 0 saturated carbocycles. The fourth-order valence-corrected chi connectivity index (χ4v) is 8.19. The molecule has 7 aromatic carbocycles. The van der Waals surface area contributed by atoms with Crippen molar-refractivity contribution in [2.75, 3.05) is 52.9 Å². The zero-order chi connectivity index (χ0) is 56.5. The molecule has 0 atom stereocenters. The van der Waals surface area contributed by atoms with Gasteiger partial charge in [0.25, 0.3) is 0 Å². The summed E-state index contributed by atoms with van der Waals surface area (Å²) in [6.45, 7) is 22.9. The molecule has 0 bridgehead atoms. The zero-order valence-corrected chi connectivity index (χ0v) is 61.3. The standard InChI is InChI=1S/C66H74O14.4Y/c1-10-18-74-62-28-50(27-61(37-62)73-17-8)45-80-66-32-52(31-65(39-66)79-44-49-25-59(71-15-6)36-60(26-49)72-16-7)41-76-54-20-46(9)19-53(33-54)75-40-51-29-63(77-42-47-21-55(67-11-2)34-56(22-47)68-12-3)38-64(30-51)78-43-48-23-57(69-13-4)35-58(24-48)70-14-5;;;;/h19-33,38-39H,10-18,40-45H2,1-9H3;;;;/q-4;;;;. The van der Waals surface area contributed by atoms with Crippen LogP contribution in [0.3, 0.4) is 0 Å². The number of benzene rings is 7. The molecule has 0 heterocycles. The van der Waals surface area contributed by atoms with E-state index in [2.05, 4.69) is 31.2 Å². The summed E-state index contributed by atoms with van der Waals surface area (Å²) in [5.74, 6) is 8.22. The van der Waals surface area contributed by atoms with Gasteiger partial charge in [0.2, 0.25) is 0 Å². The van der Waals surface area contributed by atoms with E-state index in [0.29, 0.717) is 133 Å². The minimum atomic E-state index is 0. The second-order valence-corrected chi connectivity index (χ2v) is 18.1. The summed E-state index contributed by atoms with van der Waals surface area (Å²) in [6.07, 6.45) is 0.863. The van der Waals surface area contributed by atoms with E-state index in [4.69, 9.17) is 66.3 Å². The van der Waals surface area contributed by atoms with E-state index in [0.717, 1.165) is 45.4 Å². The van der Waals surface area contributed by atoms with Gasteiger partial charge in [-0.2, -0.15) is 0 Å². The fourth-order valence-electron chi connectivity index (χ4n) is 8.19. The minimum absolute atomic E-state index is 0. The first-order valence-electron chi connectivity index (χ1n) is 27.5. The smallest absolute Gasteiger partial charge is 0.123 e. The third-order valence-electron chi connectivity index (χ3n) is 11.4. The van der Waals surface area contributed by atoms with Crippen LogP contribution in [0.2, 0.25) is 0 Å². The van der Waals surface area contributed by atoms with E-state index in [1.54, 1.807) is 0 Å². The molecule has 0 N–H and O–H groups in total. The predicted octanol–water partition coefficient (Wildman–Crippen LogP) is 14.2. The van der Waals surface area contributed by atoms with Crippen molar-refractivity contribution >= 4 is 0 Å². The van der Waals surface area contributed by atoms with E-state index in [1.807, 2.05) is 159 Å². The van der Waals surface area contributed by atoms with Crippen molar-refractivity contribution in [1.82, 2.24) is 0 Å². The van der Waals surface area contributed by atoms with Crippen LogP contribution in [0.5, 0.6) is 80.5 Å². The maximum Gasteiger partial charge on any atom is 0.123 e. The number of hydrogen-bond acceptors (Lipinski definition) is 14. The summed E-state index contributed by atoms with van der Waals surface area (Å²) in [5, 5.41) is 0. The van der Waals surface area contributed by atoms with Crippen molar-refractivity contribution in [1.29, 1.82) is 0 Å². The van der Waals surface area contributed by atoms with Gasteiger partial charge in [0.15, 0.2) is 0 Å². The monoisotopic (exact) mass is 1450 g/mol. The Kier molecular flexibility index (Phi) is 35.9. The Morgan fingerprint density at radius 3 is 0.631 bits per heavy atom. The zero-order valence-electron chi connectivity index (χ0n) is 49.9. The molecular weight excluding hydrogens is 1370 g/mol. The molecule has 0 aromatic heterocycles. The second kappa shape index (κ2) is 40.6. The number of aryl methyl sites for hydroxylation is 1. The van der Waals surface area contributed by atoms with Crippen LogP contribution in [-0.4, -0.2) is 52.9 Å². The van der Waals surface area contributed by atoms with Gasteiger partial charge < -0.3 is 66.3 Å².